The highest BCUT2D eigenvalue weighted by Crippen LogP contribution is 2.45. The largest absolute Gasteiger partial charge is 0.497 e. The van der Waals surface area contributed by atoms with Crippen molar-refractivity contribution in [3.8, 4) is 11.5 Å². The molecule has 2 nitrogen and oxygen atoms in total. The minimum atomic E-state index is -1.07. The second-order valence-electron chi connectivity index (χ2n) is 7.58. The lowest BCUT2D eigenvalue weighted by atomic mass is 9.83. The van der Waals surface area contributed by atoms with Crippen molar-refractivity contribution in [2.75, 3.05) is 7.11 Å². The van der Waals surface area contributed by atoms with E-state index in [1.165, 1.54) is 11.6 Å². The second-order valence-corrected chi connectivity index (χ2v) is 7.58. The van der Waals surface area contributed by atoms with Crippen molar-refractivity contribution in [1.82, 2.24) is 0 Å². The van der Waals surface area contributed by atoms with E-state index in [9.17, 15) is 4.39 Å². The number of halogens is 1. The Balaban J connectivity index is 1.73. The first-order chi connectivity index (χ1) is 14.6. The summed E-state index contributed by atoms with van der Waals surface area (Å²) in [4.78, 5) is 0. The van der Waals surface area contributed by atoms with Gasteiger partial charge in [-0.15, -0.1) is 0 Å². The zero-order valence-corrected chi connectivity index (χ0v) is 16.9. The van der Waals surface area contributed by atoms with Crippen LogP contribution in [0.4, 0.5) is 4.39 Å². The van der Waals surface area contributed by atoms with Crippen LogP contribution in [0.3, 0.4) is 0 Å². The molecule has 0 aliphatic carbocycles. The maximum atomic E-state index is 15.0. The Morgan fingerprint density at radius 2 is 1.70 bits per heavy atom. The average Bonchev–Trinajstić information content (AvgIpc) is 2.78. The molecule has 1 unspecified atom stereocenters. The van der Waals surface area contributed by atoms with Crippen LogP contribution in [0.25, 0.3) is 16.8 Å². The molecule has 4 aromatic rings. The van der Waals surface area contributed by atoms with E-state index in [-0.39, 0.29) is 5.82 Å². The van der Waals surface area contributed by atoms with Gasteiger partial charge in [-0.25, -0.2) is 4.39 Å². The molecule has 0 bridgehead atoms. The van der Waals surface area contributed by atoms with E-state index in [4.69, 9.17) is 9.47 Å². The van der Waals surface area contributed by atoms with E-state index < -0.39 is 5.60 Å². The third-order valence-corrected chi connectivity index (χ3v) is 5.73. The highest BCUT2D eigenvalue weighted by Gasteiger charge is 2.39. The first kappa shape index (κ1) is 18.4. The van der Waals surface area contributed by atoms with Crippen LogP contribution in [-0.2, 0) is 5.60 Å². The number of benzene rings is 4. The lowest BCUT2D eigenvalue weighted by molar-refractivity contribution is 0.156. The van der Waals surface area contributed by atoms with E-state index in [1.807, 2.05) is 48.6 Å². The van der Waals surface area contributed by atoms with Crippen LogP contribution in [0, 0.1) is 12.7 Å². The van der Waals surface area contributed by atoms with Gasteiger partial charge in [-0.05, 0) is 54.1 Å². The van der Waals surface area contributed by atoms with E-state index in [0.717, 1.165) is 33.4 Å². The molecule has 5 rings (SSSR count). The topological polar surface area (TPSA) is 18.5 Å². The predicted molar refractivity (Wildman–Crippen MR) is 119 cm³/mol. The molecule has 1 atom stereocenters. The Kier molecular flexibility index (Phi) is 4.32. The molecule has 0 saturated carbocycles. The Labute approximate surface area is 175 Å². The summed E-state index contributed by atoms with van der Waals surface area (Å²) in [5.41, 5.74) is 2.46. The fourth-order valence-electron chi connectivity index (χ4n) is 4.18. The van der Waals surface area contributed by atoms with Crippen LogP contribution >= 0.6 is 0 Å². The molecule has 0 fully saturated rings. The van der Waals surface area contributed by atoms with Gasteiger partial charge in [-0.2, -0.15) is 0 Å². The van der Waals surface area contributed by atoms with E-state index in [2.05, 4.69) is 31.2 Å². The van der Waals surface area contributed by atoms with Gasteiger partial charge in [0.2, 0.25) is 0 Å². The molecular formula is C27H21FO2. The van der Waals surface area contributed by atoms with Crippen LogP contribution in [0.2, 0.25) is 0 Å². The summed E-state index contributed by atoms with van der Waals surface area (Å²) >= 11 is 0. The van der Waals surface area contributed by atoms with Gasteiger partial charge < -0.3 is 9.47 Å². The Hall–Kier alpha value is -3.59. The van der Waals surface area contributed by atoms with Crippen LogP contribution < -0.4 is 9.47 Å². The van der Waals surface area contributed by atoms with Crippen LogP contribution in [-0.4, -0.2) is 7.11 Å². The second kappa shape index (κ2) is 7.03. The molecule has 0 aromatic heterocycles. The molecule has 0 saturated heterocycles. The summed E-state index contributed by atoms with van der Waals surface area (Å²) in [7, 11) is 1.63. The van der Waals surface area contributed by atoms with Gasteiger partial charge in [-0.1, -0.05) is 60.2 Å². The van der Waals surface area contributed by atoms with Crippen molar-refractivity contribution in [2.24, 2.45) is 0 Å². The fourth-order valence-corrected chi connectivity index (χ4v) is 4.18. The monoisotopic (exact) mass is 396 g/mol. The van der Waals surface area contributed by atoms with Gasteiger partial charge in [0.1, 0.15) is 17.3 Å². The van der Waals surface area contributed by atoms with Gasteiger partial charge in [0.05, 0.1) is 7.11 Å². The third kappa shape index (κ3) is 2.86. The molecule has 0 amide bonds. The SMILES string of the molecule is COc1ccc(C2(c3ccccc3F)C=Cc3c(ccc4cc(C)ccc34)O2)cc1. The Morgan fingerprint density at radius 3 is 2.47 bits per heavy atom. The van der Waals surface area contributed by atoms with Gasteiger partial charge in [0.15, 0.2) is 5.60 Å². The molecule has 148 valence electrons. The standard InChI is InChI=1S/C27H21FO2/c1-18-7-13-22-19(17-18)8-14-26-23(22)15-16-27(30-26,24-5-3-4-6-25(24)28)20-9-11-21(29-2)12-10-20/h3-17H,1-2H3. The summed E-state index contributed by atoms with van der Waals surface area (Å²) in [5.74, 6) is 1.16. The van der Waals surface area contributed by atoms with E-state index in [1.54, 1.807) is 19.2 Å². The Morgan fingerprint density at radius 1 is 0.900 bits per heavy atom. The van der Waals surface area contributed by atoms with Crippen molar-refractivity contribution < 1.29 is 13.9 Å². The quantitative estimate of drug-likeness (QED) is 0.386. The lowest BCUT2D eigenvalue weighted by Gasteiger charge is -2.36. The number of aryl methyl sites for hydroxylation is 1. The number of hydrogen-bond donors (Lipinski definition) is 0. The number of methoxy groups -OCH3 is 1. The van der Waals surface area contributed by atoms with E-state index in [0.29, 0.717) is 5.56 Å². The molecule has 30 heavy (non-hydrogen) atoms. The van der Waals surface area contributed by atoms with Gasteiger partial charge in [0, 0.05) is 16.7 Å². The number of ether oxygens (including phenoxy) is 2. The van der Waals surface area contributed by atoms with Crippen molar-refractivity contribution in [1.29, 1.82) is 0 Å². The molecule has 0 spiro atoms. The summed E-state index contributed by atoms with van der Waals surface area (Å²) in [6.45, 7) is 2.08. The van der Waals surface area contributed by atoms with Crippen LogP contribution in [0.15, 0.2) is 84.9 Å². The molecule has 0 N–H and O–H groups in total. The first-order valence-electron chi connectivity index (χ1n) is 9.92. The average molecular weight is 396 g/mol. The van der Waals surface area contributed by atoms with Crippen molar-refractivity contribution in [2.45, 2.75) is 12.5 Å². The van der Waals surface area contributed by atoms with Crippen molar-refractivity contribution >= 4 is 16.8 Å². The molecule has 0 radical (unpaired) electrons. The fraction of sp³-hybridized carbons (Fsp3) is 0.111. The zero-order chi connectivity index (χ0) is 20.7. The van der Waals surface area contributed by atoms with Crippen LogP contribution in [0.1, 0.15) is 22.3 Å². The minimum absolute atomic E-state index is 0.308. The lowest BCUT2D eigenvalue weighted by Crippen LogP contribution is -2.35. The predicted octanol–water partition coefficient (Wildman–Crippen LogP) is 6.65. The molecule has 1 aliphatic rings. The summed E-state index contributed by atoms with van der Waals surface area (Å²) < 4.78 is 26.9. The summed E-state index contributed by atoms with van der Waals surface area (Å²) in [5, 5.41) is 2.27. The number of fused-ring (bicyclic) bond motifs is 3. The van der Waals surface area contributed by atoms with Gasteiger partial charge in [0.25, 0.3) is 0 Å². The van der Waals surface area contributed by atoms with Gasteiger partial charge >= 0.3 is 0 Å². The van der Waals surface area contributed by atoms with Crippen molar-refractivity contribution in [3.63, 3.8) is 0 Å². The molecule has 1 aliphatic heterocycles. The molecular weight excluding hydrogens is 375 g/mol. The Bertz CT molecular complexity index is 1270. The normalized spacial score (nSPS) is 17.4. The maximum Gasteiger partial charge on any atom is 0.180 e. The molecule has 4 aromatic carbocycles. The molecule has 3 heteroatoms. The first-order valence-corrected chi connectivity index (χ1v) is 9.92. The summed E-state index contributed by atoms with van der Waals surface area (Å²) in [6, 6.07) is 24.7. The highest BCUT2D eigenvalue weighted by atomic mass is 19.1. The maximum absolute atomic E-state index is 15.0. The number of hydrogen-bond acceptors (Lipinski definition) is 2. The smallest absolute Gasteiger partial charge is 0.180 e. The van der Waals surface area contributed by atoms with Gasteiger partial charge in [-0.3, -0.25) is 0 Å². The van der Waals surface area contributed by atoms with Crippen molar-refractivity contribution in [3.05, 3.63) is 113 Å². The minimum Gasteiger partial charge on any atom is -0.497 e. The number of rotatable bonds is 3. The zero-order valence-electron chi connectivity index (χ0n) is 16.9. The van der Waals surface area contributed by atoms with E-state index >= 15 is 0 Å². The summed E-state index contributed by atoms with van der Waals surface area (Å²) in [6.07, 6.45) is 4.00. The van der Waals surface area contributed by atoms with Crippen LogP contribution in [0.5, 0.6) is 11.5 Å². The molecule has 1 heterocycles. The third-order valence-electron chi connectivity index (χ3n) is 5.73. The highest BCUT2D eigenvalue weighted by molar-refractivity contribution is 5.94.